The summed E-state index contributed by atoms with van der Waals surface area (Å²) in [5.74, 6) is 2.58. The Balaban J connectivity index is 1.99. The number of nitrogens with one attached hydrogen (secondary N) is 1. The molecule has 0 bridgehead atoms. The summed E-state index contributed by atoms with van der Waals surface area (Å²) in [6, 6.07) is 0.594. The van der Waals surface area contributed by atoms with Crippen LogP contribution in [0.1, 0.15) is 43.8 Å². The Morgan fingerprint density at radius 3 is 2.50 bits per heavy atom. The van der Waals surface area contributed by atoms with Crippen LogP contribution in [-0.2, 0) is 6.42 Å². The zero-order chi connectivity index (χ0) is 13.1. The Bertz CT molecular complexity index is 364. The van der Waals surface area contributed by atoms with Gasteiger partial charge in [0.15, 0.2) is 0 Å². The summed E-state index contributed by atoms with van der Waals surface area (Å²) >= 11 is 1.77. The Morgan fingerprint density at radius 1 is 1.33 bits per heavy atom. The highest BCUT2D eigenvalue weighted by Gasteiger charge is 2.29. The van der Waals surface area contributed by atoms with Crippen LogP contribution in [0.2, 0.25) is 0 Å². The predicted octanol–water partition coefficient (Wildman–Crippen LogP) is 3.65. The highest BCUT2D eigenvalue weighted by Crippen LogP contribution is 2.35. The maximum Gasteiger partial charge on any atom is 0.0897 e. The lowest BCUT2D eigenvalue weighted by Crippen LogP contribution is -2.39. The van der Waals surface area contributed by atoms with E-state index in [9.17, 15) is 0 Å². The van der Waals surface area contributed by atoms with Crippen molar-refractivity contribution in [1.29, 1.82) is 0 Å². The lowest BCUT2D eigenvalue weighted by atomic mass is 9.73. The first-order valence-corrected chi connectivity index (χ1v) is 8.04. The largest absolute Gasteiger partial charge is 0.316 e. The summed E-state index contributed by atoms with van der Waals surface area (Å²) in [5.41, 5.74) is 1.27. The lowest BCUT2D eigenvalue weighted by Gasteiger charge is -2.36. The van der Waals surface area contributed by atoms with Gasteiger partial charge in [-0.25, -0.2) is 4.98 Å². The molecule has 3 heteroatoms. The first-order chi connectivity index (χ1) is 8.58. The number of rotatable bonds is 4. The topological polar surface area (TPSA) is 24.9 Å². The molecule has 1 aromatic rings. The van der Waals surface area contributed by atoms with Gasteiger partial charge in [-0.15, -0.1) is 11.3 Å². The zero-order valence-electron chi connectivity index (χ0n) is 12.1. The number of thiazole rings is 1. The molecule has 0 saturated heterocycles. The minimum atomic E-state index is 0.594. The van der Waals surface area contributed by atoms with Crippen molar-refractivity contribution in [2.24, 2.45) is 17.8 Å². The fourth-order valence-electron chi connectivity index (χ4n) is 3.57. The maximum atomic E-state index is 4.61. The molecular weight excluding hydrogens is 240 g/mol. The highest BCUT2D eigenvalue weighted by molar-refractivity contribution is 7.09. The van der Waals surface area contributed by atoms with Crippen LogP contribution in [0.15, 0.2) is 5.38 Å². The number of hydrogen-bond acceptors (Lipinski definition) is 3. The molecule has 0 aliphatic heterocycles. The molecule has 102 valence electrons. The van der Waals surface area contributed by atoms with Gasteiger partial charge in [-0.2, -0.15) is 0 Å². The first kappa shape index (κ1) is 14.0. The maximum absolute atomic E-state index is 4.61. The van der Waals surface area contributed by atoms with E-state index in [1.54, 1.807) is 11.3 Å². The van der Waals surface area contributed by atoms with Crippen molar-refractivity contribution in [3.8, 4) is 0 Å². The van der Waals surface area contributed by atoms with Crippen molar-refractivity contribution in [2.75, 3.05) is 7.05 Å². The molecule has 1 aliphatic carbocycles. The molecule has 1 aromatic heterocycles. The number of nitrogens with zero attached hydrogens (tertiary/aromatic N) is 1. The average Bonchev–Trinajstić information content (AvgIpc) is 2.70. The summed E-state index contributed by atoms with van der Waals surface area (Å²) in [5, 5.41) is 6.94. The number of aromatic nitrogens is 1. The van der Waals surface area contributed by atoms with Crippen molar-refractivity contribution < 1.29 is 0 Å². The van der Waals surface area contributed by atoms with Gasteiger partial charge in [0, 0.05) is 17.8 Å². The van der Waals surface area contributed by atoms with Crippen molar-refractivity contribution >= 4 is 11.3 Å². The van der Waals surface area contributed by atoms with E-state index in [0.717, 1.165) is 24.2 Å². The van der Waals surface area contributed by atoms with Gasteiger partial charge in [0.2, 0.25) is 0 Å². The van der Waals surface area contributed by atoms with E-state index in [2.05, 4.69) is 43.5 Å². The molecule has 1 fully saturated rings. The Hall–Kier alpha value is -0.410. The Morgan fingerprint density at radius 2 is 2.00 bits per heavy atom. The second kappa shape index (κ2) is 6.16. The number of likely N-dealkylation sites (N-methyl/N-ethyl adjacent to an activating group) is 1. The summed E-state index contributed by atoms with van der Waals surface area (Å²) in [7, 11) is 2.10. The van der Waals surface area contributed by atoms with Crippen LogP contribution in [-0.4, -0.2) is 18.1 Å². The van der Waals surface area contributed by atoms with Crippen molar-refractivity contribution in [3.05, 3.63) is 16.1 Å². The third kappa shape index (κ3) is 3.55. The fourth-order valence-corrected chi connectivity index (χ4v) is 4.19. The van der Waals surface area contributed by atoms with Crippen LogP contribution in [0, 0.1) is 24.7 Å². The van der Waals surface area contributed by atoms with E-state index in [0.29, 0.717) is 6.04 Å². The Kier molecular flexibility index (Phi) is 4.79. The van der Waals surface area contributed by atoms with Crippen LogP contribution in [0.5, 0.6) is 0 Å². The highest BCUT2D eigenvalue weighted by atomic mass is 32.1. The van der Waals surface area contributed by atoms with E-state index in [1.165, 1.54) is 30.0 Å². The molecule has 0 amide bonds. The molecule has 1 saturated carbocycles. The van der Waals surface area contributed by atoms with Crippen LogP contribution in [0.25, 0.3) is 0 Å². The third-order valence-corrected chi connectivity index (χ3v) is 5.07. The molecule has 0 aromatic carbocycles. The molecule has 2 nitrogen and oxygen atoms in total. The second-order valence-corrected chi connectivity index (χ2v) is 7.20. The molecular formula is C15H26N2S. The van der Waals surface area contributed by atoms with Crippen molar-refractivity contribution in [3.63, 3.8) is 0 Å². The van der Waals surface area contributed by atoms with Gasteiger partial charge < -0.3 is 5.32 Å². The molecule has 18 heavy (non-hydrogen) atoms. The number of hydrogen-bond donors (Lipinski definition) is 1. The average molecular weight is 266 g/mol. The van der Waals surface area contributed by atoms with E-state index in [4.69, 9.17) is 0 Å². The molecule has 1 aliphatic rings. The molecule has 1 heterocycles. The minimum absolute atomic E-state index is 0.594. The predicted molar refractivity (Wildman–Crippen MR) is 79.1 cm³/mol. The van der Waals surface area contributed by atoms with Crippen LogP contribution < -0.4 is 5.32 Å². The monoisotopic (exact) mass is 266 g/mol. The first-order valence-electron chi connectivity index (χ1n) is 7.16. The van der Waals surface area contributed by atoms with Gasteiger partial charge in [0.25, 0.3) is 0 Å². The molecule has 1 N–H and O–H groups in total. The minimum Gasteiger partial charge on any atom is -0.316 e. The SMILES string of the molecule is CNC(Cc1csc(C)n1)C1CC(C)CC(C)C1. The summed E-state index contributed by atoms with van der Waals surface area (Å²) in [4.78, 5) is 4.61. The van der Waals surface area contributed by atoms with E-state index in [1.807, 2.05) is 0 Å². The molecule has 0 radical (unpaired) electrons. The van der Waals surface area contributed by atoms with E-state index < -0.39 is 0 Å². The lowest BCUT2D eigenvalue weighted by molar-refractivity contribution is 0.179. The Labute approximate surface area is 115 Å². The van der Waals surface area contributed by atoms with Gasteiger partial charge in [-0.1, -0.05) is 13.8 Å². The van der Waals surface area contributed by atoms with Crippen molar-refractivity contribution in [1.82, 2.24) is 10.3 Å². The van der Waals surface area contributed by atoms with Crippen molar-refractivity contribution in [2.45, 2.75) is 52.5 Å². The zero-order valence-corrected chi connectivity index (χ0v) is 12.9. The second-order valence-electron chi connectivity index (χ2n) is 6.13. The summed E-state index contributed by atoms with van der Waals surface area (Å²) in [6.45, 7) is 6.90. The third-order valence-electron chi connectivity index (χ3n) is 4.25. The normalized spacial score (nSPS) is 30.3. The number of aryl methyl sites for hydroxylation is 1. The molecule has 0 spiro atoms. The van der Waals surface area contributed by atoms with Gasteiger partial charge >= 0.3 is 0 Å². The molecule has 3 unspecified atom stereocenters. The summed E-state index contributed by atoms with van der Waals surface area (Å²) < 4.78 is 0. The van der Waals surface area contributed by atoms with Gasteiger partial charge in [0.05, 0.1) is 10.7 Å². The fraction of sp³-hybridized carbons (Fsp3) is 0.800. The summed E-state index contributed by atoms with van der Waals surface area (Å²) in [6.07, 6.45) is 5.24. The standard InChI is InChI=1S/C15H26N2S/c1-10-5-11(2)7-13(6-10)15(16-4)8-14-9-18-12(3)17-14/h9-11,13,15-16H,5-8H2,1-4H3. The molecule has 2 rings (SSSR count). The van der Waals surface area contributed by atoms with Gasteiger partial charge in [0.1, 0.15) is 0 Å². The van der Waals surface area contributed by atoms with Gasteiger partial charge in [-0.05, 0) is 51.0 Å². The van der Waals surface area contributed by atoms with Crippen LogP contribution in [0.3, 0.4) is 0 Å². The smallest absolute Gasteiger partial charge is 0.0897 e. The molecule has 3 atom stereocenters. The van der Waals surface area contributed by atoms with E-state index in [-0.39, 0.29) is 0 Å². The van der Waals surface area contributed by atoms with Crippen LogP contribution in [0.4, 0.5) is 0 Å². The van der Waals surface area contributed by atoms with E-state index >= 15 is 0 Å². The van der Waals surface area contributed by atoms with Gasteiger partial charge in [-0.3, -0.25) is 0 Å². The van der Waals surface area contributed by atoms with Crippen LogP contribution >= 0.6 is 11.3 Å². The quantitative estimate of drug-likeness (QED) is 0.899.